The van der Waals surface area contributed by atoms with Crippen molar-refractivity contribution in [1.29, 1.82) is 0 Å². The Balaban J connectivity index is 0.000000262. The number of carbonyl (C=O) groups is 1. The maximum atomic E-state index is 9.79. The van der Waals surface area contributed by atoms with Gasteiger partial charge in [-0.1, -0.05) is 6.07 Å². The van der Waals surface area contributed by atoms with E-state index in [1.165, 1.54) is 0 Å². The third-order valence-corrected chi connectivity index (χ3v) is 1.08. The lowest BCUT2D eigenvalue weighted by atomic mass is 10.2. The third-order valence-electron chi connectivity index (χ3n) is 1.08. The van der Waals surface area contributed by atoms with Gasteiger partial charge in [0, 0.05) is 6.20 Å². The molecule has 0 saturated heterocycles. The fourth-order valence-corrected chi connectivity index (χ4v) is 0.638. The molecule has 5 heteroatoms. The molecule has 0 amide bonds. The van der Waals surface area contributed by atoms with Gasteiger partial charge in [-0.25, -0.2) is 9.78 Å². The summed E-state index contributed by atoms with van der Waals surface area (Å²) >= 11 is 0. The SMILES string of the molecule is CC(C)(C)OC(=O)O.Nc1ccccn1. The fourth-order valence-electron chi connectivity index (χ4n) is 0.638. The average molecular weight is 212 g/mol. The molecule has 0 spiro atoms. The molecule has 0 radical (unpaired) electrons. The van der Waals surface area contributed by atoms with Crippen LogP contribution < -0.4 is 5.73 Å². The third kappa shape index (κ3) is 10.1. The zero-order chi connectivity index (χ0) is 11.9. The van der Waals surface area contributed by atoms with E-state index in [0.717, 1.165) is 0 Å². The van der Waals surface area contributed by atoms with Gasteiger partial charge < -0.3 is 15.6 Å². The van der Waals surface area contributed by atoms with E-state index in [4.69, 9.17) is 10.8 Å². The van der Waals surface area contributed by atoms with Crippen molar-refractivity contribution in [3.8, 4) is 0 Å². The number of anilines is 1. The second kappa shape index (κ2) is 5.85. The van der Waals surface area contributed by atoms with Gasteiger partial charge in [0.2, 0.25) is 0 Å². The van der Waals surface area contributed by atoms with E-state index in [9.17, 15) is 4.79 Å². The number of ether oxygens (including phenoxy) is 1. The number of carboxylic acid groups (broad SMARTS) is 1. The lowest BCUT2D eigenvalue weighted by molar-refractivity contribution is 0.0150. The maximum absolute atomic E-state index is 9.79. The first-order valence-corrected chi connectivity index (χ1v) is 4.40. The van der Waals surface area contributed by atoms with Crippen LogP contribution >= 0.6 is 0 Å². The van der Waals surface area contributed by atoms with E-state index in [0.29, 0.717) is 5.82 Å². The number of nitrogens with zero attached hydrogens (tertiary/aromatic N) is 1. The number of hydrogen-bond acceptors (Lipinski definition) is 4. The van der Waals surface area contributed by atoms with Gasteiger partial charge in [-0.2, -0.15) is 0 Å². The van der Waals surface area contributed by atoms with Crippen LogP contribution in [0.3, 0.4) is 0 Å². The molecule has 0 aliphatic heterocycles. The molecule has 3 N–H and O–H groups in total. The number of nitrogen functional groups attached to an aromatic ring is 1. The van der Waals surface area contributed by atoms with E-state index >= 15 is 0 Å². The van der Waals surface area contributed by atoms with Gasteiger partial charge in [0.1, 0.15) is 11.4 Å². The zero-order valence-electron chi connectivity index (χ0n) is 9.10. The van der Waals surface area contributed by atoms with Crippen molar-refractivity contribution in [1.82, 2.24) is 4.98 Å². The summed E-state index contributed by atoms with van der Waals surface area (Å²) in [7, 11) is 0. The number of aromatic nitrogens is 1. The highest BCUT2D eigenvalue weighted by molar-refractivity contribution is 5.57. The van der Waals surface area contributed by atoms with Crippen molar-refractivity contribution in [2.24, 2.45) is 0 Å². The molecule has 0 fully saturated rings. The van der Waals surface area contributed by atoms with E-state index in [2.05, 4.69) is 9.72 Å². The summed E-state index contributed by atoms with van der Waals surface area (Å²) < 4.78 is 4.35. The molecule has 0 aliphatic rings. The molecule has 1 aromatic rings. The smallest absolute Gasteiger partial charge is 0.450 e. The quantitative estimate of drug-likeness (QED) is 0.643. The van der Waals surface area contributed by atoms with Crippen LogP contribution in [0.5, 0.6) is 0 Å². The van der Waals surface area contributed by atoms with Gasteiger partial charge in [0.05, 0.1) is 0 Å². The second-order valence-electron chi connectivity index (χ2n) is 3.73. The van der Waals surface area contributed by atoms with Crippen molar-refractivity contribution < 1.29 is 14.6 Å². The molecule has 1 heterocycles. The molecule has 0 bridgehead atoms. The van der Waals surface area contributed by atoms with Gasteiger partial charge in [-0.15, -0.1) is 0 Å². The summed E-state index contributed by atoms with van der Waals surface area (Å²) in [5, 5.41) is 8.03. The zero-order valence-corrected chi connectivity index (χ0v) is 9.10. The molecule has 0 saturated carbocycles. The molecule has 1 rings (SSSR count). The lowest BCUT2D eigenvalue weighted by Gasteiger charge is -2.15. The van der Waals surface area contributed by atoms with Crippen molar-refractivity contribution in [2.75, 3.05) is 5.73 Å². The van der Waals surface area contributed by atoms with Crippen LogP contribution in [0.1, 0.15) is 20.8 Å². The minimum Gasteiger partial charge on any atom is -0.450 e. The molecule has 0 aliphatic carbocycles. The molecule has 5 nitrogen and oxygen atoms in total. The van der Waals surface area contributed by atoms with E-state index in [-0.39, 0.29) is 0 Å². The van der Waals surface area contributed by atoms with Gasteiger partial charge in [-0.05, 0) is 32.9 Å². The summed E-state index contributed by atoms with van der Waals surface area (Å²) in [6.45, 7) is 5.04. The predicted molar refractivity (Wildman–Crippen MR) is 57.5 cm³/mol. The minimum atomic E-state index is -1.22. The van der Waals surface area contributed by atoms with Crippen molar-refractivity contribution in [3.05, 3.63) is 24.4 Å². The van der Waals surface area contributed by atoms with Crippen LogP contribution in [0.25, 0.3) is 0 Å². The molecule has 1 aromatic heterocycles. The first-order valence-electron chi connectivity index (χ1n) is 4.40. The van der Waals surface area contributed by atoms with Crippen molar-refractivity contribution in [3.63, 3.8) is 0 Å². The highest BCUT2D eigenvalue weighted by atomic mass is 16.7. The van der Waals surface area contributed by atoms with Crippen LogP contribution in [-0.4, -0.2) is 21.8 Å². The van der Waals surface area contributed by atoms with E-state index in [1.807, 2.05) is 12.1 Å². The first-order chi connectivity index (χ1) is 6.81. The number of rotatable bonds is 0. The Bertz CT molecular complexity index is 293. The first kappa shape index (κ1) is 13.2. The van der Waals surface area contributed by atoms with Gasteiger partial charge in [-0.3, -0.25) is 0 Å². The standard InChI is InChI=1S/C5H6N2.C5H10O3/c6-5-3-1-2-4-7-5;1-5(2,3)8-4(6)7/h1-4H,(H2,6,7);1-3H3,(H,6,7). The largest absolute Gasteiger partial charge is 0.506 e. The average Bonchev–Trinajstić information content (AvgIpc) is 2.01. The van der Waals surface area contributed by atoms with Crippen molar-refractivity contribution in [2.45, 2.75) is 26.4 Å². The Hall–Kier alpha value is -1.78. The highest BCUT2D eigenvalue weighted by Gasteiger charge is 2.13. The maximum Gasteiger partial charge on any atom is 0.506 e. The normalized spacial score (nSPS) is 9.80. The molecule has 15 heavy (non-hydrogen) atoms. The molecule has 0 atom stereocenters. The molecule has 84 valence electrons. The Labute approximate surface area is 88.9 Å². The molecule has 0 aromatic carbocycles. The Morgan fingerprint density at radius 3 is 2.20 bits per heavy atom. The van der Waals surface area contributed by atoms with Gasteiger partial charge in [0.25, 0.3) is 0 Å². The van der Waals surface area contributed by atoms with Crippen LogP contribution in [0, 0.1) is 0 Å². The van der Waals surface area contributed by atoms with E-state index in [1.54, 1.807) is 33.0 Å². The van der Waals surface area contributed by atoms with Crippen LogP contribution in [-0.2, 0) is 4.74 Å². The predicted octanol–water partition coefficient (Wildman–Crippen LogP) is 2.14. The number of pyridine rings is 1. The summed E-state index contributed by atoms with van der Waals surface area (Å²) in [5.41, 5.74) is 4.67. The summed E-state index contributed by atoms with van der Waals surface area (Å²) in [5.74, 6) is 0.572. The minimum absolute atomic E-state index is 0.572. The summed E-state index contributed by atoms with van der Waals surface area (Å²) in [4.78, 5) is 13.5. The Kier molecular flexibility index (Phi) is 5.15. The molecular formula is C10H16N2O3. The Morgan fingerprint density at radius 1 is 1.47 bits per heavy atom. The number of nitrogens with two attached hydrogens (primary N) is 1. The van der Waals surface area contributed by atoms with Gasteiger partial charge >= 0.3 is 6.16 Å². The van der Waals surface area contributed by atoms with Crippen molar-refractivity contribution >= 4 is 12.0 Å². The number of hydrogen-bond donors (Lipinski definition) is 2. The van der Waals surface area contributed by atoms with Crippen LogP contribution in [0.15, 0.2) is 24.4 Å². The highest BCUT2D eigenvalue weighted by Crippen LogP contribution is 2.05. The monoisotopic (exact) mass is 212 g/mol. The van der Waals surface area contributed by atoms with Gasteiger partial charge in [0.15, 0.2) is 0 Å². The molecule has 0 unspecified atom stereocenters. The fraction of sp³-hybridized carbons (Fsp3) is 0.400. The lowest BCUT2D eigenvalue weighted by Crippen LogP contribution is -2.22. The van der Waals surface area contributed by atoms with Crippen LogP contribution in [0.4, 0.5) is 10.6 Å². The molecular weight excluding hydrogens is 196 g/mol. The summed E-state index contributed by atoms with van der Waals surface area (Å²) in [6, 6.07) is 5.43. The Morgan fingerprint density at radius 2 is 2.07 bits per heavy atom. The topological polar surface area (TPSA) is 85.4 Å². The van der Waals surface area contributed by atoms with E-state index < -0.39 is 11.8 Å². The summed E-state index contributed by atoms with van der Waals surface area (Å²) in [6.07, 6.45) is 0.438. The van der Waals surface area contributed by atoms with Crippen LogP contribution in [0.2, 0.25) is 0 Å². The second-order valence-corrected chi connectivity index (χ2v) is 3.73.